The molecule has 0 unspecified atom stereocenters. The summed E-state index contributed by atoms with van der Waals surface area (Å²) in [6.45, 7) is 0.609. The summed E-state index contributed by atoms with van der Waals surface area (Å²) < 4.78 is 6.38. The van der Waals surface area contributed by atoms with E-state index in [1.165, 1.54) is 7.11 Å². The number of hydrogen-bond acceptors (Lipinski definition) is 3. The maximum absolute atomic E-state index is 12.0. The molecule has 1 N–H and O–H groups in total. The summed E-state index contributed by atoms with van der Waals surface area (Å²) in [7, 11) is 1.39. The molecule has 0 fully saturated rings. The largest absolute Gasteiger partial charge is 0.469 e. The van der Waals surface area contributed by atoms with Gasteiger partial charge in [0.2, 0.25) is 0 Å². The van der Waals surface area contributed by atoms with Crippen LogP contribution in [0, 0.1) is 3.57 Å². The molecule has 0 saturated heterocycles. The minimum Gasteiger partial charge on any atom is -0.469 e. The average Bonchev–Trinajstić information content (AvgIpc) is 2.44. The number of methoxy groups -OCH3 is 1. The Labute approximate surface area is 140 Å². The molecule has 0 heterocycles. The van der Waals surface area contributed by atoms with Crippen LogP contribution in [-0.4, -0.2) is 25.5 Å². The Bertz CT molecular complexity index is 479. The predicted octanol–water partition coefficient (Wildman–Crippen LogP) is 3.52. The highest BCUT2D eigenvalue weighted by Gasteiger charge is 2.09. The smallest absolute Gasteiger partial charge is 0.305 e. The van der Waals surface area contributed by atoms with Crippen molar-refractivity contribution in [2.24, 2.45) is 0 Å². The normalized spacial score (nSPS) is 10.2. The average molecular weight is 454 g/mol. The third-order valence-corrected chi connectivity index (χ3v) is 4.11. The molecule has 0 aliphatic carbocycles. The summed E-state index contributed by atoms with van der Waals surface area (Å²) in [5, 5.41) is 2.88. The molecule has 0 radical (unpaired) electrons. The fourth-order valence-electron chi connectivity index (χ4n) is 1.64. The zero-order chi connectivity index (χ0) is 15.0. The van der Waals surface area contributed by atoms with Crippen molar-refractivity contribution in [3.05, 3.63) is 31.8 Å². The molecule has 110 valence electrons. The molecule has 1 aromatic rings. The molecule has 0 bridgehead atoms. The number of nitrogens with one attached hydrogen (secondary N) is 1. The van der Waals surface area contributed by atoms with Gasteiger partial charge in [0.1, 0.15) is 0 Å². The van der Waals surface area contributed by atoms with Gasteiger partial charge in [0.05, 0.1) is 12.7 Å². The molecular weight excluding hydrogens is 437 g/mol. The van der Waals surface area contributed by atoms with Crippen molar-refractivity contribution in [3.63, 3.8) is 0 Å². The van der Waals surface area contributed by atoms with Gasteiger partial charge >= 0.3 is 5.97 Å². The van der Waals surface area contributed by atoms with Crippen LogP contribution in [0.25, 0.3) is 0 Å². The van der Waals surface area contributed by atoms with E-state index in [9.17, 15) is 9.59 Å². The van der Waals surface area contributed by atoms with E-state index >= 15 is 0 Å². The molecule has 4 nitrogen and oxygen atoms in total. The van der Waals surface area contributed by atoms with Gasteiger partial charge in [-0.2, -0.15) is 0 Å². The van der Waals surface area contributed by atoms with E-state index in [2.05, 4.69) is 48.6 Å². The van der Waals surface area contributed by atoms with E-state index in [0.717, 1.165) is 27.3 Å². The summed E-state index contributed by atoms with van der Waals surface area (Å²) in [5.74, 6) is -0.264. The first-order valence-corrected chi connectivity index (χ1v) is 8.22. The Morgan fingerprint density at radius 1 is 1.30 bits per heavy atom. The van der Waals surface area contributed by atoms with Crippen molar-refractivity contribution in [2.45, 2.75) is 25.7 Å². The molecule has 0 aromatic heterocycles. The second kappa shape index (κ2) is 9.33. The van der Waals surface area contributed by atoms with Crippen molar-refractivity contribution in [1.82, 2.24) is 5.32 Å². The highest BCUT2D eigenvalue weighted by molar-refractivity contribution is 14.1. The minimum absolute atomic E-state index is 0.0802. The lowest BCUT2D eigenvalue weighted by Gasteiger charge is -2.07. The molecule has 1 amide bonds. The van der Waals surface area contributed by atoms with E-state index in [1.54, 1.807) is 0 Å². The summed E-state index contributed by atoms with van der Waals surface area (Å²) in [5.41, 5.74) is 0.645. The van der Waals surface area contributed by atoms with Crippen LogP contribution >= 0.6 is 38.5 Å². The van der Waals surface area contributed by atoms with Crippen LogP contribution in [-0.2, 0) is 9.53 Å². The van der Waals surface area contributed by atoms with Gasteiger partial charge in [0.15, 0.2) is 0 Å². The topological polar surface area (TPSA) is 55.4 Å². The summed E-state index contributed by atoms with van der Waals surface area (Å²) >= 11 is 5.55. The third-order valence-electron chi connectivity index (χ3n) is 2.74. The summed E-state index contributed by atoms with van der Waals surface area (Å²) in [6.07, 6.45) is 2.97. The Hall–Kier alpha value is -0.630. The first-order valence-electron chi connectivity index (χ1n) is 6.34. The van der Waals surface area contributed by atoms with Gasteiger partial charge in [0, 0.05) is 21.0 Å². The number of hydrogen-bond donors (Lipinski definition) is 1. The van der Waals surface area contributed by atoms with E-state index in [-0.39, 0.29) is 11.9 Å². The van der Waals surface area contributed by atoms with Gasteiger partial charge in [-0.25, -0.2) is 0 Å². The number of amides is 1. The first kappa shape index (κ1) is 17.4. The quantitative estimate of drug-likeness (QED) is 0.390. The highest BCUT2D eigenvalue weighted by Crippen LogP contribution is 2.19. The van der Waals surface area contributed by atoms with Gasteiger partial charge < -0.3 is 10.1 Å². The van der Waals surface area contributed by atoms with E-state index in [4.69, 9.17) is 0 Å². The first-order chi connectivity index (χ1) is 9.54. The fraction of sp³-hybridized carbons (Fsp3) is 0.429. The molecule has 0 spiro atoms. The molecule has 1 rings (SSSR count). The zero-order valence-electron chi connectivity index (χ0n) is 11.2. The van der Waals surface area contributed by atoms with Crippen molar-refractivity contribution in [3.8, 4) is 0 Å². The van der Waals surface area contributed by atoms with Gasteiger partial charge in [-0.15, -0.1) is 0 Å². The molecule has 20 heavy (non-hydrogen) atoms. The highest BCUT2D eigenvalue weighted by atomic mass is 127. The minimum atomic E-state index is -0.183. The molecular formula is C14H17BrINO3. The molecule has 1 aromatic carbocycles. The second-order valence-corrected chi connectivity index (χ2v) is 6.37. The number of esters is 1. The number of unbranched alkanes of at least 4 members (excludes halogenated alkanes) is 2. The van der Waals surface area contributed by atoms with Crippen LogP contribution in [0.15, 0.2) is 22.7 Å². The number of ether oxygens (including phenoxy) is 1. The van der Waals surface area contributed by atoms with Crippen molar-refractivity contribution in [2.75, 3.05) is 13.7 Å². The monoisotopic (exact) mass is 453 g/mol. The standard InChI is InChI=1S/C14H17BrINO3/c1-20-13(18)5-3-2-4-8-17-14(19)11-9-10(16)6-7-12(11)15/h6-7,9H,2-5,8H2,1H3,(H,17,19). The Morgan fingerprint density at radius 3 is 2.75 bits per heavy atom. The molecule has 0 aliphatic rings. The van der Waals surface area contributed by atoms with Crippen LogP contribution in [0.1, 0.15) is 36.0 Å². The molecule has 0 atom stereocenters. The maximum atomic E-state index is 12.0. The van der Waals surface area contributed by atoms with Crippen LogP contribution < -0.4 is 5.32 Å². The number of carbonyl (C=O) groups excluding carboxylic acids is 2. The van der Waals surface area contributed by atoms with Crippen LogP contribution in [0.3, 0.4) is 0 Å². The lowest BCUT2D eigenvalue weighted by Crippen LogP contribution is -2.24. The predicted molar refractivity (Wildman–Crippen MR) is 89.7 cm³/mol. The van der Waals surface area contributed by atoms with Gasteiger partial charge in [-0.05, 0) is 69.6 Å². The number of halogens is 2. The van der Waals surface area contributed by atoms with Crippen molar-refractivity contribution in [1.29, 1.82) is 0 Å². The van der Waals surface area contributed by atoms with Crippen LogP contribution in [0.5, 0.6) is 0 Å². The summed E-state index contributed by atoms with van der Waals surface area (Å²) in [6, 6.07) is 5.65. The van der Waals surface area contributed by atoms with Crippen LogP contribution in [0.2, 0.25) is 0 Å². The van der Waals surface area contributed by atoms with E-state index < -0.39 is 0 Å². The zero-order valence-corrected chi connectivity index (χ0v) is 15.0. The van der Waals surface area contributed by atoms with Crippen LogP contribution in [0.4, 0.5) is 0 Å². The van der Waals surface area contributed by atoms with Crippen molar-refractivity contribution < 1.29 is 14.3 Å². The number of benzene rings is 1. The third kappa shape index (κ3) is 6.21. The van der Waals surface area contributed by atoms with E-state index in [1.807, 2.05) is 18.2 Å². The lowest BCUT2D eigenvalue weighted by molar-refractivity contribution is -0.140. The summed E-state index contributed by atoms with van der Waals surface area (Å²) in [4.78, 5) is 22.9. The fourth-order valence-corrected chi connectivity index (χ4v) is 2.56. The van der Waals surface area contributed by atoms with Gasteiger partial charge in [-0.3, -0.25) is 9.59 Å². The lowest BCUT2D eigenvalue weighted by atomic mass is 10.2. The molecule has 0 aliphatic heterocycles. The second-order valence-electron chi connectivity index (χ2n) is 4.27. The van der Waals surface area contributed by atoms with E-state index in [0.29, 0.717) is 18.5 Å². The Balaban J connectivity index is 2.27. The Kier molecular flexibility index (Phi) is 8.13. The van der Waals surface area contributed by atoms with Gasteiger partial charge in [0.25, 0.3) is 5.91 Å². The number of rotatable bonds is 7. The van der Waals surface area contributed by atoms with Crippen molar-refractivity contribution >= 4 is 50.4 Å². The van der Waals surface area contributed by atoms with Gasteiger partial charge in [-0.1, -0.05) is 6.42 Å². The number of carbonyl (C=O) groups is 2. The molecule has 0 saturated carbocycles. The maximum Gasteiger partial charge on any atom is 0.305 e. The Morgan fingerprint density at radius 2 is 2.05 bits per heavy atom. The SMILES string of the molecule is COC(=O)CCCCCNC(=O)c1cc(I)ccc1Br. The molecule has 6 heteroatoms.